The van der Waals surface area contributed by atoms with Crippen molar-refractivity contribution in [3.05, 3.63) is 65.9 Å². The molecule has 1 saturated carbocycles. The van der Waals surface area contributed by atoms with E-state index in [0.717, 1.165) is 5.56 Å². The van der Waals surface area contributed by atoms with E-state index in [9.17, 15) is 0 Å². The van der Waals surface area contributed by atoms with E-state index in [1.54, 1.807) is 0 Å². The molecular formula is C23H23N. The van der Waals surface area contributed by atoms with Crippen molar-refractivity contribution in [2.45, 2.75) is 39.0 Å². The quantitative estimate of drug-likeness (QED) is 0.495. The van der Waals surface area contributed by atoms with Crippen LogP contribution in [0.15, 0.2) is 54.7 Å². The van der Waals surface area contributed by atoms with Gasteiger partial charge in [0.15, 0.2) is 0 Å². The summed E-state index contributed by atoms with van der Waals surface area (Å²) in [5.74, 6) is 7.60. The minimum absolute atomic E-state index is 0.579. The van der Waals surface area contributed by atoms with Gasteiger partial charge in [-0.15, -0.1) is 0 Å². The van der Waals surface area contributed by atoms with E-state index in [0.29, 0.717) is 5.92 Å². The number of aryl methyl sites for hydroxylation is 1. The number of hydrogen-bond acceptors (Lipinski definition) is 0. The summed E-state index contributed by atoms with van der Waals surface area (Å²) in [5.41, 5.74) is 4.87. The Morgan fingerprint density at radius 3 is 2.54 bits per heavy atom. The Kier molecular flexibility index (Phi) is 4.13. The molecule has 24 heavy (non-hydrogen) atoms. The number of rotatable bonds is 1. The van der Waals surface area contributed by atoms with Crippen molar-refractivity contribution in [3.63, 3.8) is 0 Å². The molecule has 1 nitrogen and oxygen atoms in total. The van der Waals surface area contributed by atoms with E-state index in [1.165, 1.54) is 54.3 Å². The van der Waals surface area contributed by atoms with E-state index in [4.69, 9.17) is 0 Å². The molecule has 0 unspecified atom stereocenters. The Morgan fingerprint density at radius 2 is 1.67 bits per heavy atom. The summed E-state index contributed by atoms with van der Waals surface area (Å²) in [6.07, 6.45) is 8.81. The van der Waals surface area contributed by atoms with Gasteiger partial charge in [-0.1, -0.05) is 61.4 Å². The molecule has 1 fully saturated rings. The summed E-state index contributed by atoms with van der Waals surface area (Å²) in [4.78, 5) is 0. The average molecular weight is 313 g/mol. The fourth-order valence-corrected chi connectivity index (χ4v) is 3.77. The number of para-hydroxylation sites is 2. The minimum atomic E-state index is 0.579. The lowest BCUT2D eigenvalue weighted by Gasteiger charge is -2.15. The normalized spacial score (nSPS) is 15.2. The molecule has 1 heterocycles. The van der Waals surface area contributed by atoms with Gasteiger partial charge in [0.1, 0.15) is 0 Å². The maximum Gasteiger partial charge on any atom is 0.0612 e. The molecule has 0 spiro atoms. The van der Waals surface area contributed by atoms with Crippen molar-refractivity contribution in [1.82, 2.24) is 4.57 Å². The zero-order chi connectivity index (χ0) is 16.4. The number of aromatic nitrogens is 1. The van der Waals surface area contributed by atoms with Gasteiger partial charge in [-0.3, -0.25) is 0 Å². The van der Waals surface area contributed by atoms with Crippen LogP contribution in [0, 0.1) is 24.7 Å². The van der Waals surface area contributed by atoms with Crippen LogP contribution in [0.3, 0.4) is 0 Å². The van der Waals surface area contributed by atoms with E-state index in [1.807, 2.05) is 0 Å². The summed E-state index contributed by atoms with van der Waals surface area (Å²) in [6.45, 7) is 2.18. The van der Waals surface area contributed by atoms with Crippen LogP contribution in [-0.2, 0) is 0 Å². The Balaban J connectivity index is 1.77. The van der Waals surface area contributed by atoms with Gasteiger partial charge in [0.2, 0.25) is 0 Å². The topological polar surface area (TPSA) is 4.93 Å². The highest BCUT2D eigenvalue weighted by Crippen LogP contribution is 2.26. The zero-order valence-electron chi connectivity index (χ0n) is 14.3. The van der Waals surface area contributed by atoms with Crippen LogP contribution in [-0.4, -0.2) is 4.57 Å². The van der Waals surface area contributed by atoms with Crippen LogP contribution in [0.5, 0.6) is 0 Å². The second-order valence-corrected chi connectivity index (χ2v) is 6.82. The highest BCUT2D eigenvalue weighted by molar-refractivity contribution is 5.85. The maximum absolute atomic E-state index is 3.54. The summed E-state index contributed by atoms with van der Waals surface area (Å²) in [6, 6.07) is 17.1. The largest absolute Gasteiger partial charge is 0.315 e. The van der Waals surface area contributed by atoms with Crippen molar-refractivity contribution in [2.24, 2.45) is 5.92 Å². The molecule has 0 radical (unpaired) electrons. The molecule has 1 heteroatoms. The first-order valence-electron chi connectivity index (χ1n) is 9.00. The van der Waals surface area contributed by atoms with Gasteiger partial charge < -0.3 is 4.57 Å². The second kappa shape index (κ2) is 6.57. The number of hydrogen-bond donors (Lipinski definition) is 0. The first-order valence-corrected chi connectivity index (χ1v) is 9.00. The predicted octanol–water partition coefficient (Wildman–Crippen LogP) is 5.87. The third kappa shape index (κ3) is 2.85. The molecule has 0 bridgehead atoms. The monoisotopic (exact) mass is 313 g/mol. The average Bonchev–Trinajstić information content (AvgIpc) is 2.98. The SMILES string of the molecule is Cc1cn(-c2ccccc2C#CC2CCCCC2)c2ccccc12. The molecule has 4 rings (SSSR count). The van der Waals surface area contributed by atoms with E-state index < -0.39 is 0 Å². The second-order valence-electron chi connectivity index (χ2n) is 6.82. The van der Waals surface area contributed by atoms with Gasteiger partial charge in [-0.2, -0.15) is 0 Å². The standard InChI is InChI=1S/C23H23N/c1-18-17-24(23-14-8-6-12-21(18)23)22-13-7-5-11-20(22)16-15-19-9-3-2-4-10-19/h5-8,11-14,17,19H,2-4,9-10H2,1H3. The van der Waals surface area contributed by atoms with Gasteiger partial charge in [0.25, 0.3) is 0 Å². The third-order valence-corrected chi connectivity index (χ3v) is 5.09. The Hall–Kier alpha value is -2.46. The Bertz CT molecular complexity index is 914. The Morgan fingerprint density at radius 1 is 0.917 bits per heavy atom. The molecule has 1 aliphatic rings. The molecule has 1 aliphatic carbocycles. The number of nitrogens with zero attached hydrogens (tertiary/aromatic N) is 1. The molecule has 0 amide bonds. The van der Waals surface area contributed by atoms with Crippen LogP contribution in [0.4, 0.5) is 0 Å². The fourth-order valence-electron chi connectivity index (χ4n) is 3.77. The van der Waals surface area contributed by atoms with E-state index >= 15 is 0 Å². The maximum atomic E-state index is 3.54. The van der Waals surface area contributed by atoms with Crippen LogP contribution < -0.4 is 0 Å². The van der Waals surface area contributed by atoms with Crippen LogP contribution >= 0.6 is 0 Å². The first-order chi connectivity index (χ1) is 11.8. The summed E-state index contributed by atoms with van der Waals surface area (Å²) in [5, 5.41) is 1.31. The number of fused-ring (bicyclic) bond motifs is 1. The van der Waals surface area contributed by atoms with Crippen molar-refractivity contribution in [3.8, 4) is 17.5 Å². The summed E-state index contributed by atoms with van der Waals surface area (Å²) < 4.78 is 2.29. The van der Waals surface area contributed by atoms with Crippen molar-refractivity contribution >= 4 is 10.9 Å². The van der Waals surface area contributed by atoms with Gasteiger partial charge in [-0.05, 0) is 43.5 Å². The minimum Gasteiger partial charge on any atom is -0.315 e. The van der Waals surface area contributed by atoms with Gasteiger partial charge in [0.05, 0.1) is 11.2 Å². The lowest BCUT2D eigenvalue weighted by atomic mass is 9.89. The highest BCUT2D eigenvalue weighted by atomic mass is 15.0. The Labute approximate surface area is 144 Å². The van der Waals surface area contributed by atoms with Crippen molar-refractivity contribution in [2.75, 3.05) is 0 Å². The summed E-state index contributed by atoms with van der Waals surface area (Å²) >= 11 is 0. The van der Waals surface area contributed by atoms with Crippen molar-refractivity contribution in [1.29, 1.82) is 0 Å². The van der Waals surface area contributed by atoms with E-state index in [2.05, 4.69) is 78.1 Å². The van der Waals surface area contributed by atoms with Gasteiger partial charge >= 0.3 is 0 Å². The van der Waals surface area contributed by atoms with Gasteiger partial charge in [-0.25, -0.2) is 0 Å². The predicted molar refractivity (Wildman–Crippen MR) is 101 cm³/mol. The molecule has 0 aliphatic heterocycles. The molecule has 0 atom stereocenters. The molecule has 1 aromatic heterocycles. The first kappa shape index (κ1) is 15.1. The third-order valence-electron chi connectivity index (χ3n) is 5.09. The summed E-state index contributed by atoms with van der Waals surface area (Å²) in [7, 11) is 0. The van der Waals surface area contributed by atoms with Crippen LogP contribution in [0.1, 0.15) is 43.2 Å². The lowest BCUT2D eigenvalue weighted by Crippen LogP contribution is -2.03. The molecule has 0 saturated heterocycles. The lowest BCUT2D eigenvalue weighted by molar-refractivity contribution is 0.430. The van der Waals surface area contributed by atoms with Crippen LogP contribution in [0.2, 0.25) is 0 Å². The smallest absolute Gasteiger partial charge is 0.0612 e. The number of benzene rings is 2. The highest BCUT2D eigenvalue weighted by Gasteiger charge is 2.11. The molecular weight excluding hydrogens is 290 g/mol. The molecule has 2 aromatic carbocycles. The molecule has 0 N–H and O–H groups in total. The van der Waals surface area contributed by atoms with Crippen LogP contribution in [0.25, 0.3) is 16.6 Å². The zero-order valence-corrected chi connectivity index (χ0v) is 14.3. The molecule has 120 valence electrons. The van der Waals surface area contributed by atoms with Gasteiger partial charge in [0, 0.05) is 23.1 Å². The fraction of sp³-hybridized carbons (Fsp3) is 0.304. The molecule has 3 aromatic rings. The van der Waals surface area contributed by atoms with E-state index in [-0.39, 0.29) is 0 Å². The van der Waals surface area contributed by atoms with Crippen molar-refractivity contribution < 1.29 is 0 Å².